The van der Waals surface area contributed by atoms with Crippen LogP contribution in [0.4, 0.5) is 10.1 Å². The third-order valence-corrected chi connectivity index (χ3v) is 4.56. The smallest absolute Gasteiger partial charge is 0.241 e. The Kier molecular flexibility index (Phi) is 5.22. The zero-order valence-corrected chi connectivity index (χ0v) is 13.0. The van der Waals surface area contributed by atoms with Crippen molar-refractivity contribution >= 4 is 24.0 Å². The van der Waals surface area contributed by atoms with Crippen LogP contribution in [0.25, 0.3) is 0 Å². The van der Waals surface area contributed by atoms with Gasteiger partial charge in [-0.3, -0.25) is 4.79 Å². The third-order valence-electron chi connectivity index (χ3n) is 4.56. The molecule has 1 saturated carbocycles. The zero-order chi connectivity index (χ0) is 14.1. The Labute approximate surface area is 131 Å². The van der Waals surface area contributed by atoms with Crippen molar-refractivity contribution in [3.05, 3.63) is 29.6 Å². The first kappa shape index (κ1) is 16.2. The highest BCUT2D eigenvalue weighted by Crippen LogP contribution is 2.33. The molecule has 2 fully saturated rings. The lowest BCUT2D eigenvalue weighted by molar-refractivity contribution is -0.117. The second kappa shape index (κ2) is 6.75. The average Bonchev–Trinajstić information content (AvgIpc) is 2.87. The second-order valence-electron chi connectivity index (χ2n) is 6.08. The SMILES string of the molecule is Cc1ccc(F)c(NC(=O)C2CC3CCCCC3N2)c1.Cl. The standard InChI is InChI=1S/C16H21FN2O.ClH/c1-10-6-7-12(17)14(8-10)19-16(20)15-9-11-4-2-3-5-13(11)18-15;/h6-8,11,13,15,18H,2-5,9H2,1H3,(H,19,20);1H. The minimum Gasteiger partial charge on any atom is -0.322 e. The van der Waals surface area contributed by atoms with Crippen molar-refractivity contribution in [1.29, 1.82) is 0 Å². The lowest BCUT2D eigenvalue weighted by atomic mass is 9.85. The topological polar surface area (TPSA) is 41.1 Å². The summed E-state index contributed by atoms with van der Waals surface area (Å²) in [6.45, 7) is 1.89. The molecule has 1 aromatic carbocycles. The van der Waals surface area contributed by atoms with Crippen LogP contribution in [-0.2, 0) is 4.79 Å². The Morgan fingerprint density at radius 2 is 2.10 bits per heavy atom. The molecule has 1 aliphatic carbocycles. The number of benzene rings is 1. The summed E-state index contributed by atoms with van der Waals surface area (Å²) in [6.07, 6.45) is 5.76. The molecule has 0 radical (unpaired) electrons. The highest BCUT2D eigenvalue weighted by Gasteiger charge is 2.38. The van der Waals surface area contributed by atoms with E-state index in [9.17, 15) is 9.18 Å². The van der Waals surface area contributed by atoms with Crippen LogP contribution in [0.15, 0.2) is 18.2 Å². The van der Waals surface area contributed by atoms with E-state index < -0.39 is 0 Å². The van der Waals surface area contributed by atoms with Crippen LogP contribution in [0.3, 0.4) is 0 Å². The van der Waals surface area contributed by atoms with Gasteiger partial charge in [0, 0.05) is 6.04 Å². The van der Waals surface area contributed by atoms with Gasteiger partial charge in [-0.1, -0.05) is 18.9 Å². The molecule has 2 aliphatic rings. The number of anilines is 1. The Morgan fingerprint density at radius 3 is 2.86 bits per heavy atom. The summed E-state index contributed by atoms with van der Waals surface area (Å²) in [7, 11) is 0. The maximum absolute atomic E-state index is 13.7. The van der Waals surface area contributed by atoms with Gasteiger partial charge in [0.2, 0.25) is 5.91 Å². The van der Waals surface area contributed by atoms with E-state index in [4.69, 9.17) is 0 Å². The lowest BCUT2D eigenvalue weighted by Gasteiger charge is -2.24. The number of hydrogen-bond acceptors (Lipinski definition) is 2. The molecule has 5 heteroatoms. The summed E-state index contributed by atoms with van der Waals surface area (Å²) in [5, 5.41) is 6.14. The summed E-state index contributed by atoms with van der Waals surface area (Å²) in [6, 6.07) is 5.07. The van der Waals surface area contributed by atoms with Crippen molar-refractivity contribution in [3.63, 3.8) is 0 Å². The summed E-state index contributed by atoms with van der Waals surface area (Å²) in [4.78, 5) is 12.3. The van der Waals surface area contributed by atoms with Gasteiger partial charge in [0.25, 0.3) is 0 Å². The van der Waals surface area contributed by atoms with E-state index in [0.717, 1.165) is 18.4 Å². The quantitative estimate of drug-likeness (QED) is 0.878. The maximum Gasteiger partial charge on any atom is 0.241 e. The van der Waals surface area contributed by atoms with Gasteiger partial charge in [-0.2, -0.15) is 0 Å². The van der Waals surface area contributed by atoms with Gasteiger partial charge in [-0.25, -0.2) is 4.39 Å². The molecule has 1 aromatic rings. The molecule has 1 heterocycles. The number of carbonyl (C=O) groups is 1. The predicted octanol–water partition coefficient (Wildman–Crippen LogP) is 3.42. The fourth-order valence-electron chi connectivity index (χ4n) is 3.48. The van der Waals surface area contributed by atoms with Crippen LogP contribution >= 0.6 is 12.4 Å². The number of aryl methyl sites for hydroxylation is 1. The van der Waals surface area contributed by atoms with Gasteiger partial charge in [-0.05, 0) is 49.8 Å². The van der Waals surface area contributed by atoms with E-state index in [0.29, 0.717) is 12.0 Å². The number of rotatable bonds is 2. The minimum atomic E-state index is -0.376. The zero-order valence-electron chi connectivity index (χ0n) is 12.2. The van der Waals surface area contributed by atoms with Crippen LogP contribution in [0, 0.1) is 18.7 Å². The van der Waals surface area contributed by atoms with Crippen molar-refractivity contribution in [3.8, 4) is 0 Å². The fourth-order valence-corrected chi connectivity index (χ4v) is 3.48. The van der Waals surface area contributed by atoms with Gasteiger partial charge in [-0.15, -0.1) is 12.4 Å². The van der Waals surface area contributed by atoms with Gasteiger partial charge < -0.3 is 10.6 Å². The first-order chi connectivity index (χ1) is 9.63. The molecular formula is C16H22ClFN2O. The number of nitrogens with one attached hydrogen (secondary N) is 2. The van der Waals surface area contributed by atoms with E-state index in [1.165, 1.54) is 25.3 Å². The molecule has 1 saturated heterocycles. The number of halogens is 2. The van der Waals surface area contributed by atoms with E-state index in [-0.39, 0.29) is 35.9 Å². The summed E-state index contributed by atoms with van der Waals surface area (Å²) in [5.74, 6) is 0.130. The molecular weight excluding hydrogens is 291 g/mol. The molecule has 0 aromatic heterocycles. The number of amides is 1. The molecule has 116 valence electrons. The monoisotopic (exact) mass is 312 g/mol. The van der Waals surface area contributed by atoms with E-state index in [2.05, 4.69) is 10.6 Å². The maximum atomic E-state index is 13.7. The normalized spacial score (nSPS) is 27.6. The van der Waals surface area contributed by atoms with Crippen molar-refractivity contribution in [1.82, 2.24) is 5.32 Å². The minimum absolute atomic E-state index is 0. The average molecular weight is 313 g/mol. The predicted molar refractivity (Wildman–Crippen MR) is 84.3 cm³/mol. The number of hydrogen-bond donors (Lipinski definition) is 2. The molecule has 2 N–H and O–H groups in total. The van der Waals surface area contributed by atoms with Crippen LogP contribution in [0.2, 0.25) is 0 Å². The van der Waals surface area contributed by atoms with E-state index in [1.807, 2.05) is 6.92 Å². The van der Waals surface area contributed by atoms with Crippen LogP contribution in [-0.4, -0.2) is 18.0 Å². The number of carbonyl (C=O) groups excluding carboxylic acids is 1. The van der Waals surface area contributed by atoms with Gasteiger partial charge in [0.1, 0.15) is 5.82 Å². The molecule has 1 amide bonds. The van der Waals surface area contributed by atoms with Crippen molar-refractivity contribution in [2.45, 2.75) is 51.1 Å². The molecule has 0 bridgehead atoms. The highest BCUT2D eigenvalue weighted by molar-refractivity contribution is 5.95. The molecule has 0 spiro atoms. The van der Waals surface area contributed by atoms with Crippen molar-refractivity contribution in [2.24, 2.45) is 5.92 Å². The fraction of sp³-hybridized carbons (Fsp3) is 0.562. The molecule has 3 rings (SSSR count). The summed E-state index contributed by atoms with van der Waals surface area (Å²) >= 11 is 0. The second-order valence-corrected chi connectivity index (χ2v) is 6.08. The first-order valence-electron chi connectivity index (χ1n) is 7.46. The first-order valence-corrected chi connectivity index (χ1v) is 7.46. The van der Waals surface area contributed by atoms with E-state index in [1.54, 1.807) is 12.1 Å². The van der Waals surface area contributed by atoms with Crippen LogP contribution < -0.4 is 10.6 Å². The van der Waals surface area contributed by atoms with Crippen molar-refractivity contribution in [2.75, 3.05) is 5.32 Å². The largest absolute Gasteiger partial charge is 0.322 e. The third kappa shape index (κ3) is 3.55. The Morgan fingerprint density at radius 1 is 1.33 bits per heavy atom. The highest BCUT2D eigenvalue weighted by atomic mass is 35.5. The summed E-state index contributed by atoms with van der Waals surface area (Å²) < 4.78 is 13.7. The van der Waals surface area contributed by atoms with Gasteiger partial charge in [0.15, 0.2) is 0 Å². The molecule has 3 unspecified atom stereocenters. The molecule has 21 heavy (non-hydrogen) atoms. The Balaban J connectivity index is 0.00000161. The van der Waals surface area contributed by atoms with Gasteiger partial charge >= 0.3 is 0 Å². The Bertz CT molecular complexity index is 509. The van der Waals surface area contributed by atoms with Gasteiger partial charge in [0.05, 0.1) is 11.7 Å². The number of fused-ring (bicyclic) bond motifs is 1. The van der Waals surface area contributed by atoms with Crippen molar-refractivity contribution < 1.29 is 9.18 Å². The Hall–Kier alpha value is -1.13. The van der Waals surface area contributed by atoms with E-state index >= 15 is 0 Å². The molecule has 1 aliphatic heterocycles. The van der Waals surface area contributed by atoms with Crippen LogP contribution in [0.1, 0.15) is 37.7 Å². The lowest BCUT2D eigenvalue weighted by Crippen LogP contribution is -2.40. The summed E-state index contributed by atoms with van der Waals surface area (Å²) in [5.41, 5.74) is 1.22. The molecule has 3 atom stereocenters. The van der Waals surface area contributed by atoms with Crippen LogP contribution in [0.5, 0.6) is 0 Å². The molecule has 3 nitrogen and oxygen atoms in total.